The van der Waals surface area contributed by atoms with Gasteiger partial charge in [0.2, 0.25) is 0 Å². The van der Waals surface area contributed by atoms with Gasteiger partial charge in [-0.1, -0.05) is 94.2 Å². The van der Waals surface area contributed by atoms with Gasteiger partial charge >= 0.3 is 18.2 Å². The lowest BCUT2D eigenvalue weighted by atomic mass is 9.89. The van der Waals surface area contributed by atoms with E-state index < -0.39 is 11.2 Å². The smallest absolute Gasteiger partial charge is 0.407 e. The number of alkyl carbamates (subject to hydrolysis) is 2. The number of amides is 2. The third kappa shape index (κ3) is 37.5. The van der Waals surface area contributed by atoms with Gasteiger partial charge in [-0.25, -0.2) is 9.59 Å². The molecule has 3 fully saturated rings. The highest BCUT2D eigenvalue weighted by atomic mass is 35.5. The van der Waals surface area contributed by atoms with Crippen molar-refractivity contribution in [3.8, 4) is 6.07 Å². The highest BCUT2D eigenvalue weighted by molar-refractivity contribution is 5.85. The van der Waals surface area contributed by atoms with Crippen molar-refractivity contribution in [2.24, 2.45) is 23.5 Å². The number of nitrogens with one attached hydrogen (secondary N) is 4. The van der Waals surface area contributed by atoms with E-state index in [1.807, 2.05) is 65.8 Å². The van der Waals surface area contributed by atoms with Crippen molar-refractivity contribution in [3.05, 3.63) is 89.5 Å². The molecule has 14 heteroatoms. The average Bonchev–Trinajstić information content (AvgIpc) is 3.38. The summed E-state index contributed by atoms with van der Waals surface area (Å²) in [6, 6.07) is 27.5. The number of halogens is 1. The van der Waals surface area contributed by atoms with E-state index in [2.05, 4.69) is 80.6 Å². The Morgan fingerprint density at radius 1 is 0.605 bits per heavy atom. The average molecular weight is 1080 g/mol. The van der Waals surface area contributed by atoms with Crippen LogP contribution in [0.4, 0.5) is 26.7 Å². The zero-order valence-corrected chi connectivity index (χ0v) is 49.0. The molecule has 428 valence electrons. The lowest BCUT2D eigenvalue weighted by molar-refractivity contribution is -0.140. The quantitative estimate of drug-likeness (QED) is 0.0306. The van der Waals surface area contributed by atoms with E-state index >= 15 is 0 Å². The van der Waals surface area contributed by atoms with E-state index in [0.717, 1.165) is 88.5 Å². The van der Waals surface area contributed by atoms with Crippen LogP contribution in [0.1, 0.15) is 188 Å². The van der Waals surface area contributed by atoms with Crippen LogP contribution in [0.2, 0.25) is 0 Å². The second kappa shape index (κ2) is 41.0. The maximum absolute atomic E-state index is 11.6. The molecule has 2 amide bonds. The van der Waals surface area contributed by atoms with Crippen LogP contribution in [0.3, 0.4) is 0 Å². The third-order valence-electron chi connectivity index (χ3n) is 12.9. The summed E-state index contributed by atoms with van der Waals surface area (Å²) in [6.45, 7) is 19.1. The van der Waals surface area contributed by atoms with E-state index in [1.54, 1.807) is 6.92 Å². The number of esters is 1. The number of benzene rings is 3. The van der Waals surface area contributed by atoms with E-state index in [0.29, 0.717) is 25.6 Å². The molecule has 0 unspecified atom stereocenters. The molecule has 0 aromatic heterocycles. The maximum Gasteiger partial charge on any atom is 0.407 e. The van der Waals surface area contributed by atoms with E-state index in [4.69, 9.17) is 26.2 Å². The van der Waals surface area contributed by atoms with Crippen LogP contribution >= 0.6 is 12.4 Å². The molecule has 6 rings (SSSR count). The Morgan fingerprint density at radius 3 is 1.34 bits per heavy atom. The molecule has 0 spiro atoms. The molecule has 3 aromatic carbocycles. The van der Waals surface area contributed by atoms with Crippen LogP contribution in [0.15, 0.2) is 72.8 Å². The lowest BCUT2D eigenvalue weighted by Crippen LogP contribution is -2.33. The fourth-order valence-electron chi connectivity index (χ4n) is 9.06. The predicted octanol–water partition coefficient (Wildman–Crippen LogP) is 14.5. The first kappa shape index (κ1) is 68.8. The van der Waals surface area contributed by atoms with Gasteiger partial charge in [-0.15, -0.1) is 12.4 Å². The predicted molar refractivity (Wildman–Crippen MR) is 318 cm³/mol. The highest BCUT2D eigenvalue weighted by Crippen LogP contribution is 2.26. The topological polar surface area (TPSA) is 203 Å². The van der Waals surface area contributed by atoms with Crippen LogP contribution in [0, 0.1) is 29.1 Å². The normalized spacial score (nSPS) is 14.7. The molecule has 13 nitrogen and oxygen atoms in total. The van der Waals surface area contributed by atoms with Crippen molar-refractivity contribution in [2.75, 3.05) is 55.7 Å². The molecular formula is C62H102ClN7O6. The highest BCUT2D eigenvalue weighted by Gasteiger charge is 2.18. The van der Waals surface area contributed by atoms with Crippen LogP contribution in [-0.2, 0) is 38.3 Å². The molecule has 0 radical (unpaired) electrons. The van der Waals surface area contributed by atoms with Crippen molar-refractivity contribution in [1.29, 1.82) is 5.26 Å². The Kier molecular flexibility index (Phi) is 37.1. The number of ether oxygens (including phenoxy) is 3. The summed E-state index contributed by atoms with van der Waals surface area (Å²) in [5.41, 5.74) is 17.5. The van der Waals surface area contributed by atoms with Crippen molar-refractivity contribution < 1.29 is 28.6 Å². The molecule has 0 saturated heterocycles. The number of nitrogen functional groups attached to an aromatic ring is 1. The first-order chi connectivity index (χ1) is 35.9. The van der Waals surface area contributed by atoms with Gasteiger partial charge in [-0.3, -0.25) is 4.79 Å². The Morgan fingerprint density at radius 2 is 1.00 bits per heavy atom. The number of carbonyl (C=O) groups is 3. The summed E-state index contributed by atoms with van der Waals surface area (Å²) in [5, 5.41) is 21.2. The zero-order valence-electron chi connectivity index (χ0n) is 48.2. The number of nitrogens with two attached hydrogens (primary N) is 2. The summed E-state index contributed by atoms with van der Waals surface area (Å²) in [7, 11) is 0. The Labute approximate surface area is 466 Å². The number of anilines is 3. The van der Waals surface area contributed by atoms with Gasteiger partial charge in [0.15, 0.2) is 0 Å². The fourth-order valence-corrected chi connectivity index (χ4v) is 9.06. The first-order valence-electron chi connectivity index (χ1n) is 28.5. The largest absolute Gasteiger partial charge is 0.466 e. The zero-order chi connectivity index (χ0) is 55.2. The number of nitriles is 1. The maximum atomic E-state index is 11.6. The summed E-state index contributed by atoms with van der Waals surface area (Å²) in [6.07, 6.45) is 25.3. The standard InChI is InChI=1S/C21H34N2O2.C16H26N2.C14H22N2O2.C7H11N.C4H8O2.ClH/c1-21(2,3)25-20(24)22-14-8-12-17-11-7-13-19(15-17)23-16-18-9-5-4-6-10-18;17-11-5-9-14-8-4-10-16(12-14)18-13-15-6-2-1-3-7-15;1-14(2,3)18-13(17)16-9-5-7-11-6-4-8-12(15)10-11;8-6-7-4-2-1-3-5-7;1-3-6-4(2)5;/h7,11,13,15,18,23H,4-6,8-10,12,14,16H2,1-3H3,(H,22,24);4,8,10,12,15,18H,1-3,5-7,9,11,13,17H2;4,6,8,10H,5,7,9,15H2,1-3H3,(H,16,17);7H,1-5H2;3H2,1-2H3;1H. The first-order valence-corrected chi connectivity index (χ1v) is 28.5. The molecule has 0 aliphatic heterocycles. The van der Waals surface area contributed by atoms with Crippen molar-refractivity contribution in [3.63, 3.8) is 0 Å². The second-order valence-corrected chi connectivity index (χ2v) is 22.3. The van der Waals surface area contributed by atoms with Crippen molar-refractivity contribution >= 4 is 47.6 Å². The van der Waals surface area contributed by atoms with E-state index in [1.165, 1.54) is 118 Å². The molecule has 3 aromatic rings. The van der Waals surface area contributed by atoms with Gasteiger partial charge in [0.1, 0.15) is 11.2 Å². The van der Waals surface area contributed by atoms with Gasteiger partial charge < -0.3 is 46.9 Å². The Hall–Kier alpha value is -5.19. The van der Waals surface area contributed by atoms with Crippen LogP contribution in [0.5, 0.6) is 0 Å². The number of carbonyl (C=O) groups excluding carboxylic acids is 3. The Balaban J connectivity index is 0.000000508. The minimum absolute atomic E-state index is 0. The molecule has 0 atom stereocenters. The minimum atomic E-state index is -0.446. The third-order valence-corrected chi connectivity index (χ3v) is 12.9. The summed E-state index contributed by atoms with van der Waals surface area (Å²) in [4.78, 5) is 32.8. The molecule has 0 bridgehead atoms. The molecule has 76 heavy (non-hydrogen) atoms. The monoisotopic (exact) mass is 1080 g/mol. The molecule has 8 N–H and O–H groups in total. The number of nitrogens with zero attached hydrogens (tertiary/aromatic N) is 1. The molecule has 3 aliphatic carbocycles. The number of rotatable bonds is 18. The van der Waals surface area contributed by atoms with E-state index in [-0.39, 0.29) is 30.6 Å². The Bertz CT molecular complexity index is 2030. The number of hydrogen-bond donors (Lipinski definition) is 6. The van der Waals surface area contributed by atoms with Crippen LogP contribution in [0.25, 0.3) is 0 Å². The van der Waals surface area contributed by atoms with Gasteiger partial charge in [0.05, 0.1) is 12.7 Å². The van der Waals surface area contributed by atoms with Crippen molar-refractivity contribution in [2.45, 2.75) is 201 Å². The molecule has 3 aliphatic rings. The molecule has 0 heterocycles. The van der Waals surface area contributed by atoms with E-state index in [9.17, 15) is 14.4 Å². The van der Waals surface area contributed by atoms with Crippen LogP contribution in [-0.4, -0.2) is 68.7 Å². The van der Waals surface area contributed by atoms with Gasteiger partial charge in [0, 0.05) is 56.1 Å². The SMILES string of the molecule is CC(C)(C)OC(=O)NCCCc1cccc(N)c1.CC(C)(C)OC(=O)NCCCc1cccc(NCC2CCCCC2)c1.CCOC(C)=O.Cl.N#CC1CCCCC1.NCCCc1cccc(NCC2CCCCC2)c1. The van der Waals surface area contributed by atoms with Crippen LogP contribution < -0.4 is 32.7 Å². The lowest BCUT2D eigenvalue weighted by Gasteiger charge is -2.22. The summed E-state index contributed by atoms with van der Waals surface area (Å²) in [5.74, 6) is 1.89. The fraction of sp³-hybridized carbons (Fsp3) is 0.645. The van der Waals surface area contributed by atoms with Gasteiger partial charge in [-0.05, 0) is 197 Å². The summed E-state index contributed by atoms with van der Waals surface area (Å²) < 4.78 is 14.8. The molecular weight excluding hydrogens is 974 g/mol. The minimum Gasteiger partial charge on any atom is -0.466 e. The second-order valence-electron chi connectivity index (χ2n) is 22.3. The number of aryl methyl sites for hydroxylation is 3. The van der Waals surface area contributed by atoms with Crippen molar-refractivity contribution in [1.82, 2.24) is 10.6 Å². The summed E-state index contributed by atoms with van der Waals surface area (Å²) >= 11 is 0. The van der Waals surface area contributed by atoms with Gasteiger partial charge in [0.25, 0.3) is 0 Å². The number of hydrogen-bond acceptors (Lipinski definition) is 11. The van der Waals surface area contributed by atoms with Gasteiger partial charge in [-0.2, -0.15) is 5.26 Å². The molecule has 3 saturated carbocycles.